The Morgan fingerprint density at radius 1 is 1.22 bits per heavy atom. The van der Waals surface area contributed by atoms with Crippen LogP contribution in [0.5, 0.6) is 11.5 Å². The Balaban J connectivity index is 2.60. The van der Waals surface area contributed by atoms with E-state index in [9.17, 15) is 0 Å². The summed E-state index contributed by atoms with van der Waals surface area (Å²) in [6.07, 6.45) is 2.40. The van der Waals surface area contributed by atoms with Crippen LogP contribution in [0.2, 0.25) is 0 Å². The molecular weight excluding hydrogens is 226 g/mol. The van der Waals surface area contributed by atoms with Gasteiger partial charge in [-0.25, -0.2) is 0 Å². The van der Waals surface area contributed by atoms with Crippen molar-refractivity contribution in [2.75, 3.05) is 20.8 Å². The summed E-state index contributed by atoms with van der Waals surface area (Å²) in [5.41, 5.74) is 3.87. The van der Waals surface area contributed by atoms with Gasteiger partial charge in [0.15, 0.2) is 11.5 Å². The van der Waals surface area contributed by atoms with Crippen molar-refractivity contribution in [1.29, 1.82) is 0 Å². The number of hydrogen-bond donors (Lipinski definition) is 1. The molecule has 0 saturated carbocycles. The van der Waals surface area contributed by atoms with E-state index >= 15 is 0 Å². The fourth-order valence-electron chi connectivity index (χ4n) is 3.29. The summed E-state index contributed by atoms with van der Waals surface area (Å²) in [7, 11) is 3.39. The highest BCUT2D eigenvalue weighted by molar-refractivity contribution is 5.56. The number of methoxy groups -OCH3 is 2. The molecule has 1 aromatic carbocycles. The lowest BCUT2D eigenvalue weighted by molar-refractivity contribution is 0.348. The summed E-state index contributed by atoms with van der Waals surface area (Å²) in [4.78, 5) is 0. The first-order chi connectivity index (χ1) is 8.53. The van der Waals surface area contributed by atoms with Gasteiger partial charge in [-0.15, -0.1) is 0 Å². The smallest absolute Gasteiger partial charge is 0.163 e. The van der Waals surface area contributed by atoms with E-state index in [2.05, 4.69) is 32.2 Å². The molecule has 18 heavy (non-hydrogen) atoms. The lowest BCUT2D eigenvalue weighted by Crippen LogP contribution is -2.34. The molecule has 100 valence electrons. The van der Waals surface area contributed by atoms with Crippen LogP contribution in [0.4, 0.5) is 0 Å². The van der Waals surface area contributed by atoms with Gasteiger partial charge in [-0.05, 0) is 57.4 Å². The van der Waals surface area contributed by atoms with E-state index in [1.54, 1.807) is 14.2 Å². The van der Waals surface area contributed by atoms with Gasteiger partial charge in [0.1, 0.15) is 0 Å². The molecule has 1 heterocycles. The molecule has 1 N–H and O–H groups in total. The van der Waals surface area contributed by atoms with Gasteiger partial charge in [0.25, 0.3) is 0 Å². The number of aryl methyl sites for hydroxylation is 1. The molecule has 3 heteroatoms. The number of ether oxygens (including phenoxy) is 2. The average Bonchev–Trinajstić information content (AvgIpc) is 2.76. The summed E-state index contributed by atoms with van der Waals surface area (Å²) in [6.45, 7) is 7.63. The molecule has 0 bridgehead atoms. The van der Waals surface area contributed by atoms with Crippen LogP contribution in [0.15, 0.2) is 6.07 Å². The molecule has 1 aromatic rings. The Bertz CT molecular complexity index is 448. The topological polar surface area (TPSA) is 30.5 Å². The molecule has 1 aliphatic rings. The van der Waals surface area contributed by atoms with E-state index in [4.69, 9.17) is 9.47 Å². The van der Waals surface area contributed by atoms with Crippen LogP contribution in [0.25, 0.3) is 0 Å². The Hall–Kier alpha value is -1.22. The highest BCUT2D eigenvalue weighted by Gasteiger charge is 2.34. The van der Waals surface area contributed by atoms with Crippen LogP contribution >= 0.6 is 0 Å². The zero-order chi connectivity index (χ0) is 13.3. The quantitative estimate of drug-likeness (QED) is 0.893. The predicted molar refractivity (Wildman–Crippen MR) is 73.6 cm³/mol. The Labute approximate surface area is 109 Å². The summed E-state index contributed by atoms with van der Waals surface area (Å²) >= 11 is 0. The Morgan fingerprint density at radius 3 is 2.44 bits per heavy atom. The third-order valence-electron chi connectivity index (χ3n) is 4.03. The maximum atomic E-state index is 5.51. The zero-order valence-corrected chi connectivity index (χ0v) is 12.0. The molecule has 1 unspecified atom stereocenters. The highest BCUT2D eigenvalue weighted by atomic mass is 16.5. The minimum absolute atomic E-state index is 0.0632. The fraction of sp³-hybridized carbons (Fsp3) is 0.600. The van der Waals surface area contributed by atoms with Crippen molar-refractivity contribution in [3.8, 4) is 11.5 Å². The molecule has 0 spiro atoms. The number of benzene rings is 1. The number of nitrogens with one attached hydrogen (secondary N) is 1. The molecule has 2 rings (SSSR count). The molecule has 1 atom stereocenters. The first kappa shape index (κ1) is 13.2. The van der Waals surface area contributed by atoms with Crippen LogP contribution in [-0.2, 0) is 5.54 Å². The molecule has 1 fully saturated rings. The van der Waals surface area contributed by atoms with Crippen molar-refractivity contribution in [2.45, 2.75) is 39.2 Å². The third kappa shape index (κ3) is 1.97. The van der Waals surface area contributed by atoms with E-state index in [-0.39, 0.29) is 5.54 Å². The van der Waals surface area contributed by atoms with E-state index in [1.165, 1.54) is 29.5 Å². The second-order valence-corrected chi connectivity index (χ2v) is 5.29. The molecular formula is C15H23NO2. The second-order valence-electron chi connectivity index (χ2n) is 5.29. The molecule has 1 saturated heterocycles. The molecule has 0 aliphatic carbocycles. The van der Waals surface area contributed by atoms with Gasteiger partial charge in [-0.1, -0.05) is 0 Å². The van der Waals surface area contributed by atoms with Gasteiger partial charge in [0, 0.05) is 11.1 Å². The second kappa shape index (κ2) is 4.81. The maximum absolute atomic E-state index is 5.51. The van der Waals surface area contributed by atoms with Crippen LogP contribution in [-0.4, -0.2) is 20.8 Å². The van der Waals surface area contributed by atoms with Gasteiger partial charge in [-0.2, -0.15) is 0 Å². The van der Waals surface area contributed by atoms with E-state index in [0.29, 0.717) is 0 Å². The summed E-state index contributed by atoms with van der Waals surface area (Å²) in [6, 6.07) is 2.08. The Morgan fingerprint density at radius 2 is 1.94 bits per heavy atom. The number of hydrogen-bond acceptors (Lipinski definition) is 3. The van der Waals surface area contributed by atoms with Crippen molar-refractivity contribution in [3.05, 3.63) is 22.8 Å². The van der Waals surface area contributed by atoms with Crippen LogP contribution in [0.3, 0.4) is 0 Å². The van der Waals surface area contributed by atoms with E-state index < -0.39 is 0 Å². The van der Waals surface area contributed by atoms with Crippen LogP contribution in [0, 0.1) is 13.8 Å². The summed E-state index contributed by atoms with van der Waals surface area (Å²) < 4.78 is 10.9. The minimum Gasteiger partial charge on any atom is -0.493 e. The summed E-state index contributed by atoms with van der Waals surface area (Å²) in [5, 5.41) is 3.62. The van der Waals surface area contributed by atoms with Gasteiger partial charge in [0.2, 0.25) is 0 Å². The zero-order valence-electron chi connectivity index (χ0n) is 12.0. The molecule has 1 aliphatic heterocycles. The van der Waals surface area contributed by atoms with Crippen molar-refractivity contribution >= 4 is 0 Å². The lowest BCUT2D eigenvalue weighted by Gasteiger charge is -2.30. The van der Waals surface area contributed by atoms with Crippen molar-refractivity contribution < 1.29 is 9.47 Å². The SMILES string of the molecule is COc1cc(C)c(C2(C)CCCN2)c(C)c1OC. The fourth-order valence-corrected chi connectivity index (χ4v) is 3.29. The number of rotatable bonds is 3. The molecule has 0 amide bonds. The van der Waals surface area contributed by atoms with Crippen LogP contribution < -0.4 is 14.8 Å². The molecule has 3 nitrogen and oxygen atoms in total. The van der Waals surface area contributed by atoms with Gasteiger partial charge in [-0.3, -0.25) is 0 Å². The van der Waals surface area contributed by atoms with Gasteiger partial charge >= 0.3 is 0 Å². The highest BCUT2D eigenvalue weighted by Crippen LogP contribution is 2.42. The standard InChI is InChI=1S/C15H23NO2/c1-10-9-12(17-4)14(18-5)11(2)13(10)15(3)7-6-8-16-15/h9,16H,6-8H2,1-5H3. The minimum atomic E-state index is 0.0632. The third-order valence-corrected chi connectivity index (χ3v) is 4.03. The van der Waals surface area contributed by atoms with Crippen molar-refractivity contribution in [2.24, 2.45) is 0 Å². The van der Waals surface area contributed by atoms with Gasteiger partial charge in [0.05, 0.1) is 14.2 Å². The molecule has 0 aromatic heterocycles. The normalized spacial score (nSPS) is 23.2. The first-order valence-electron chi connectivity index (χ1n) is 6.51. The van der Waals surface area contributed by atoms with Crippen molar-refractivity contribution in [1.82, 2.24) is 5.32 Å². The molecule has 0 radical (unpaired) electrons. The largest absolute Gasteiger partial charge is 0.493 e. The maximum Gasteiger partial charge on any atom is 0.163 e. The van der Waals surface area contributed by atoms with Crippen molar-refractivity contribution in [3.63, 3.8) is 0 Å². The van der Waals surface area contributed by atoms with Crippen LogP contribution in [0.1, 0.15) is 36.5 Å². The monoisotopic (exact) mass is 249 g/mol. The van der Waals surface area contributed by atoms with E-state index in [0.717, 1.165) is 18.0 Å². The Kier molecular flexibility index (Phi) is 3.53. The van der Waals surface area contributed by atoms with E-state index in [1.807, 2.05) is 0 Å². The first-order valence-corrected chi connectivity index (χ1v) is 6.51. The lowest BCUT2D eigenvalue weighted by atomic mass is 9.83. The average molecular weight is 249 g/mol. The van der Waals surface area contributed by atoms with Gasteiger partial charge < -0.3 is 14.8 Å². The summed E-state index contributed by atoms with van der Waals surface area (Å²) in [5.74, 6) is 1.67. The predicted octanol–water partition coefficient (Wildman–Crippen LogP) is 2.92.